The number of nitrogens with one attached hydrogen (secondary N) is 1. The zero-order valence-corrected chi connectivity index (χ0v) is 14.5. The molecule has 2 aromatic rings. The number of halogens is 1. The molecule has 26 heavy (non-hydrogen) atoms. The summed E-state index contributed by atoms with van der Waals surface area (Å²) in [6, 6.07) is 11.7. The van der Waals surface area contributed by atoms with Crippen LogP contribution >= 0.6 is 0 Å². The van der Waals surface area contributed by atoms with Crippen molar-refractivity contribution in [2.45, 2.75) is 32.2 Å². The van der Waals surface area contributed by atoms with E-state index in [1.165, 1.54) is 6.07 Å². The third-order valence-electron chi connectivity index (χ3n) is 3.99. The van der Waals surface area contributed by atoms with Gasteiger partial charge in [-0.15, -0.1) is 0 Å². The Balaban J connectivity index is 1.78. The Morgan fingerprint density at radius 2 is 1.96 bits per heavy atom. The van der Waals surface area contributed by atoms with Crippen LogP contribution in [0.5, 0.6) is 0 Å². The van der Waals surface area contributed by atoms with Gasteiger partial charge >= 0.3 is 6.09 Å². The van der Waals surface area contributed by atoms with Gasteiger partial charge in [-0.3, -0.25) is 0 Å². The second kappa shape index (κ2) is 9.17. The van der Waals surface area contributed by atoms with Crippen molar-refractivity contribution in [3.8, 4) is 0 Å². The molecule has 0 bridgehead atoms. The SMILES string of the molecule is Cc1cc(C(O)C(O)CCNC(=O)OCc2ccccc2)c(F)cc1N. The summed E-state index contributed by atoms with van der Waals surface area (Å²) in [5, 5.41) is 22.6. The number of aliphatic hydroxyl groups is 2. The van der Waals surface area contributed by atoms with Crippen LogP contribution in [-0.4, -0.2) is 29.0 Å². The highest BCUT2D eigenvalue weighted by molar-refractivity contribution is 5.67. The minimum absolute atomic E-state index is 0.0316. The Hall–Kier alpha value is -2.64. The average Bonchev–Trinajstić information content (AvgIpc) is 2.63. The van der Waals surface area contributed by atoms with E-state index in [2.05, 4.69) is 5.32 Å². The molecule has 0 radical (unpaired) electrons. The van der Waals surface area contributed by atoms with Crippen LogP contribution < -0.4 is 11.1 Å². The summed E-state index contributed by atoms with van der Waals surface area (Å²) in [5.74, 6) is -0.685. The van der Waals surface area contributed by atoms with E-state index in [9.17, 15) is 19.4 Å². The van der Waals surface area contributed by atoms with Gasteiger partial charge in [0, 0.05) is 17.8 Å². The third kappa shape index (κ3) is 5.44. The highest BCUT2D eigenvalue weighted by atomic mass is 19.1. The predicted molar refractivity (Wildman–Crippen MR) is 95.8 cm³/mol. The highest BCUT2D eigenvalue weighted by Gasteiger charge is 2.22. The van der Waals surface area contributed by atoms with E-state index in [4.69, 9.17) is 10.5 Å². The van der Waals surface area contributed by atoms with Crippen molar-refractivity contribution >= 4 is 11.8 Å². The first kappa shape index (κ1) is 19.7. The minimum Gasteiger partial charge on any atom is -0.445 e. The summed E-state index contributed by atoms with van der Waals surface area (Å²) in [7, 11) is 0. The molecule has 0 aromatic heterocycles. The molecular formula is C19H23FN2O4. The van der Waals surface area contributed by atoms with Crippen LogP contribution in [0.2, 0.25) is 0 Å². The Morgan fingerprint density at radius 1 is 1.27 bits per heavy atom. The van der Waals surface area contributed by atoms with Gasteiger partial charge in [0.15, 0.2) is 0 Å². The van der Waals surface area contributed by atoms with Gasteiger partial charge in [-0.05, 0) is 36.6 Å². The molecule has 2 aromatic carbocycles. The Kier molecular flexibility index (Phi) is 6.94. The molecule has 140 valence electrons. The maximum Gasteiger partial charge on any atom is 0.407 e. The maximum absolute atomic E-state index is 13.9. The number of hydrogen-bond donors (Lipinski definition) is 4. The number of hydrogen-bond acceptors (Lipinski definition) is 5. The lowest BCUT2D eigenvalue weighted by atomic mass is 9.99. The number of rotatable bonds is 7. The largest absolute Gasteiger partial charge is 0.445 e. The van der Waals surface area contributed by atoms with Crippen molar-refractivity contribution in [2.24, 2.45) is 0 Å². The Morgan fingerprint density at radius 3 is 2.65 bits per heavy atom. The fourth-order valence-electron chi connectivity index (χ4n) is 2.41. The highest BCUT2D eigenvalue weighted by Crippen LogP contribution is 2.25. The van der Waals surface area contributed by atoms with Crippen LogP contribution in [0.1, 0.15) is 29.2 Å². The maximum atomic E-state index is 13.9. The van der Waals surface area contributed by atoms with E-state index >= 15 is 0 Å². The molecule has 0 aliphatic rings. The molecule has 1 amide bonds. The first-order valence-corrected chi connectivity index (χ1v) is 8.24. The molecule has 2 rings (SSSR count). The van der Waals surface area contributed by atoms with Crippen LogP contribution in [0.4, 0.5) is 14.9 Å². The van der Waals surface area contributed by atoms with Crippen molar-refractivity contribution < 1.29 is 24.1 Å². The van der Waals surface area contributed by atoms with Gasteiger partial charge in [0.1, 0.15) is 18.5 Å². The number of carbonyl (C=O) groups excluding carboxylic acids is 1. The number of nitrogen functional groups attached to an aromatic ring is 1. The number of amides is 1. The van der Waals surface area contributed by atoms with Gasteiger partial charge in [-0.25, -0.2) is 9.18 Å². The molecular weight excluding hydrogens is 339 g/mol. The first-order chi connectivity index (χ1) is 12.4. The van der Waals surface area contributed by atoms with Gasteiger partial charge in [-0.1, -0.05) is 30.3 Å². The molecule has 7 heteroatoms. The second-order valence-corrected chi connectivity index (χ2v) is 6.02. The van der Waals surface area contributed by atoms with Crippen molar-refractivity contribution in [3.05, 3.63) is 65.0 Å². The van der Waals surface area contributed by atoms with E-state index in [-0.39, 0.29) is 30.8 Å². The average molecular weight is 362 g/mol. The summed E-state index contributed by atoms with van der Waals surface area (Å²) in [4.78, 5) is 11.6. The van der Waals surface area contributed by atoms with Crippen LogP contribution in [-0.2, 0) is 11.3 Å². The number of aliphatic hydroxyl groups excluding tert-OH is 2. The topological polar surface area (TPSA) is 105 Å². The van der Waals surface area contributed by atoms with E-state index in [1.807, 2.05) is 30.3 Å². The number of ether oxygens (including phenoxy) is 1. The monoisotopic (exact) mass is 362 g/mol. The van der Waals surface area contributed by atoms with Crippen molar-refractivity contribution in [3.63, 3.8) is 0 Å². The fourth-order valence-corrected chi connectivity index (χ4v) is 2.41. The van der Waals surface area contributed by atoms with Crippen molar-refractivity contribution in [2.75, 3.05) is 12.3 Å². The molecule has 5 N–H and O–H groups in total. The molecule has 2 atom stereocenters. The molecule has 0 aliphatic carbocycles. The van der Waals surface area contributed by atoms with Gasteiger partial charge in [0.25, 0.3) is 0 Å². The number of aryl methyl sites for hydroxylation is 1. The van der Waals surface area contributed by atoms with Crippen LogP contribution in [0.15, 0.2) is 42.5 Å². The molecule has 2 unspecified atom stereocenters. The quantitative estimate of drug-likeness (QED) is 0.566. The molecule has 0 heterocycles. The summed E-state index contributed by atoms with van der Waals surface area (Å²) in [6.45, 7) is 1.89. The Labute approximate surface area is 151 Å². The van der Waals surface area contributed by atoms with Gasteiger partial charge in [-0.2, -0.15) is 0 Å². The minimum atomic E-state index is -1.42. The fraction of sp³-hybridized carbons (Fsp3) is 0.316. The number of anilines is 1. The second-order valence-electron chi connectivity index (χ2n) is 6.02. The molecule has 0 fully saturated rings. The lowest BCUT2D eigenvalue weighted by Gasteiger charge is -2.20. The first-order valence-electron chi connectivity index (χ1n) is 8.24. The summed E-state index contributed by atoms with van der Waals surface area (Å²) < 4.78 is 18.9. The molecule has 6 nitrogen and oxygen atoms in total. The molecule has 0 aliphatic heterocycles. The summed E-state index contributed by atoms with van der Waals surface area (Å²) in [5.41, 5.74) is 7.31. The van der Waals surface area contributed by atoms with Crippen molar-refractivity contribution in [1.29, 1.82) is 0 Å². The zero-order chi connectivity index (χ0) is 19.1. The van der Waals surface area contributed by atoms with Gasteiger partial charge < -0.3 is 26.0 Å². The third-order valence-corrected chi connectivity index (χ3v) is 3.99. The molecule has 0 saturated heterocycles. The van der Waals surface area contributed by atoms with E-state index < -0.39 is 24.1 Å². The van der Waals surface area contributed by atoms with Crippen LogP contribution in [0.25, 0.3) is 0 Å². The number of carbonyl (C=O) groups is 1. The van der Waals surface area contributed by atoms with Crippen LogP contribution in [0.3, 0.4) is 0 Å². The predicted octanol–water partition coefficient (Wildman–Crippen LogP) is 2.43. The van der Waals surface area contributed by atoms with E-state index in [0.29, 0.717) is 5.56 Å². The van der Waals surface area contributed by atoms with Gasteiger partial charge in [0.2, 0.25) is 0 Å². The summed E-state index contributed by atoms with van der Waals surface area (Å²) >= 11 is 0. The summed E-state index contributed by atoms with van der Waals surface area (Å²) in [6.07, 6.45) is -3.27. The number of nitrogens with two attached hydrogens (primary N) is 1. The van der Waals surface area contributed by atoms with E-state index in [0.717, 1.165) is 11.6 Å². The lowest BCUT2D eigenvalue weighted by Crippen LogP contribution is -2.30. The number of alkyl carbamates (subject to hydrolysis) is 1. The van der Waals surface area contributed by atoms with E-state index in [1.54, 1.807) is 6.92 Å². The number of benzene rings is 2. The van der Waals surface area contributed by atoms with Crippen molar-refractivity contribution in [1.82, 2.24) is 5.32 Å². The molecule has 0 spiro atoms. The smallest absolute Gasteiger partial charge is 0.407 e. The Bertz CT molecular complexity index is 740. The van der Waals surface area contributed by atoms with Crippen LogP contribution in [0, 0.1) is 12.7 Å². The van der Waals surface area contributed by atoms with Gasteiger partial charge in [0.05, 0.1) is 6.10 Å². The lowest BCUT2D eigenvalue weighted by molar-refractivity contribution is 0.0116. The molecule has 0 saturated carbocycles. The zero-order valence-electron chi connectivity index (χ0n) is 14.5. The normalized spacial score (nSPS) is 13.1. The standard InChI is InChI=1S/C19H23FN2O4/c1-12-9-14(15(20)10-16(12)21)18(24)17(23)7-8-22-19(25)26-11-13-5-3-2-4-6-13/h2-6,9-10,17-18,23-24H,7-8,11,21H2,1H3,(H,22,25).